The van der Waals surface area contributed by atoms with Gasteiger partial charge in [0.1, 0.15) is 18.1 Å². The predicted molar refractivity (Wildman–Crippen MR) is 122 cm³/mol. The molecule has 0 spiro atoms. The quantitative estimate of drug-likeness (QED) is 0.472. The Morgan fingerprint density at radius 1 is 0.939 bits per heavy atom. The number of carbonyl (C=O) groups is 1. The van der Waals surface area contributed by atoms with Gasteiger partial charge in [0.25, 0.3) is 0 Å². The van der Waals surface area contributed by atoms with Crippen LogP contribution < -0.4 is 4.90 Å². The van der Waals surface area contributed by atoms with Crippen LogP contribution in [0.25, 0.3) is 22.6 Å². The molecule has 0 unspecified atom stereocenters. The molecule has 0 aliphatic carbocycles. The minimum atomic E-state index is -0.405. The van der Waals surface area contributed by atoms with Crippen LogP contribution in [0.4, 0.5) is 10.2 Å². The Morgan fingerprint density at radius 3 is 2.45 bits per heavy atom. The van der Waals surface area contributed by atoms with E-state index in [1.165, 1.54) is 6.07 Å². The number of aromatic nitrogens is 5. The lowest BCUT2D eigenvalue weighted by atomic mass is 10.1. The topological polar surface area (TPSA) is 80.0 Å². The molecule has 4 heterocycles. The molecule has 1 amide bonds. The number of amides is 1. The summed E-state index contributed by atoms with van der Waals surface area (Å²) in [6, 6.07) is 18.4. The van der Waals surface area contributed by atoms with Crippen molar-refractivity contribution in [2.45, 2.75) is 6.54 Å². The van der Waals surface area contributed by atoms with E-state index < -0.39 is 5.82 Å². The van der Waals surface area contributed by atoms with Gasteiger partial charge in [-0.15, -0.1) is 5.10 Å². The second-order valence-corrected chi connectivity index (χ2v) is 7.75. The smallest absolute Gasteiger partial charge is 0.244 e. The average molecular weight is 443 g/mol. The van der Waals surface area contributed by atoms with Crippen molar-refractivity contribution in [1.29, 1.82) is 0 Å². The van der Waals surface area contributed by atoms with Gasteiger partial charge >= 0.3 is 0 Å². The first-order valence-corrected chi connectivity index (χ1v) is 10.7. The number of rotatable bonds is 5. The van der Waals surface area contributed by atoms with Gasteiger partial charge in [0.05, 0.1) is 17.6 Å². The van der Waals surface area contributed by atoms with Gasteiger partial charge in [-0.05, 0) is 35.9 Å². The molecule has 5 rings (SSSR count). The first kappa shape index (κ1) is 20.7. The van der Waals surface area contributed by atoms with Gasteiger partial charge in [-0.25, -0.2) is 4.39 Å². The van der Waals surface area contributed by atoms with Gasteiger partial charge in [-0.2, -0.15) is 10.2 Å². The summed E-state index contributed by atoms with van der Waals surface area (Å²) in [7, 11) is 0. The maximum absolute atomic E-state index is 13.3. The van der Waals surface area contributed by atoms with Crippen LogP contribution in [0.5, 0.6) is 0 Å². The lowest BCUT2D eigenvalue weighted by Crippen LogP contribution is -2.50. The molecule has 4 aromatic rings. The highest BCUT2D eigenvalue weighted by Gasteiger charge is 2.23. The monoisotopic (exact) mass is 443 g/mol. The molecule has 1 aromatic carbocycles. The van der Waals surface area contributed by atoms with Crippen molar-refractivity contribution in [2.75, 3.05) is 31.1 Å². The fourth-order valence-electron chi connectivity index (χ4n) is 3.91. The van der Waals surface area contributed by atoms with E-state index in [1.54, 1.807) is 16.9 Å². The van der Waals surface area contributed by atoms with Gasteiger partial charge in [0.15, 0.2) is 5.82 Å². The fraction of sp³-hybridized carbons (Fsp3) is 0.208. The van der Waals surface area contributed by atoms with Crippen LogP contribution >= 0.6 is 0 Å². The van der Waals surface area contributed by atoms with E-state index in [9.17, 15) is 9.18 Å². The normalized spacial score (nSPS) is 13.8. The van der Waals surface area contributed by atoms with Gasteiger partial charge in [-0.3, -0.25) is 14.5 Å². The Labute approximate surface area is 190 Å². The molecule has 0 saturated carbocycles. The molecule has 9 heteroatoms. The molecule has 0 N–H and O–H groups in total. The van der Waals surface area contributed by atoms with Gasteiger partial charge in [-0.1, -0.05) is 30.3 Å². The summed E-state index contributed by atoms with van der Waals surface area (Å²) in [5.41, 5.74) is 2.90. The highest BCUT2D eigenvalue weighted by molar-refractivity contribution is 5.78. The molecule has 0 bridgehead atoms. The van der Waals surface area contributed by atoms with Crippen LogP contribution in [0.2, 0.25) is 0 Å². The van der Waals surface area contributed by atoms with E-state index in [2.05, 4.69) is 25.2 Å². The number of benzene rings is 1. The highest BCUT2D eigenvalue weighted by atomic mass is 19.1. The summed E-state index contributed by atoms with van der Waals surface area (Å²) in [4.78, 5) is 21.2. The van der Waals surface area contributed by atoms with Crippen molar-refractivity contribution in [3.05, 3.63) is 78.9 Å². The third kappa shape index (κ3) is 4.57. The van der Waals surface area contributed by atoms with Crippen LogP contribution in [0.15, 0.2) is 73.1 Å². The summed E-state index contributed by atoms with van der Waals surface area (Å²) in [5.74, 6) is 0.407. The highest BCUT2D eigenvalue weighted by Crippen LogP contribution is 2.25. The molecular formula is C24H22FN7O. The molecule has 3 aromatic heterocycles. The first-order chi connectivity index (χ1) is 16.2. The number of hydrogen-bond acceptors (Lipinski definition) is 6. The van der Waals surface area contributed by atoms with E-state index in [1.807, 2.05) is 53.4 Å². The van der Waals surface area contributed by atoms with Crippen LogP contribution in [0, 0.1) is 5.82 Å². The molecule has 166 valence electrons. The van der Waals surface area contributed by atoms with E-state index in [0.717, 1.165) is 23.3 Å². The second kappa shape index (κ2) is 9.15. The van der Waals surface area contributed by atoms with Gasteiger partial charge in [0, 0.05) is 32.4 Å². The van der Waals surface area contributed by atoms with E-state index in [-0.39, 0.29) is 12.5 Å². The van der Waals surface area contributed by atoms with Crippen molar-refractivity contribution in [1.82, 2.24) is 29.9 Å². The largest absolute Gasteiger partial charge is 0.352 e. The molecule has 1 fully saturated rings. The zero-order chi connectivity index (χ0) is 22.6. The summed E-state index contributed by atoms with van der Waals surface area (Å²) < 4.78 is 15.0. The summed E-state index contributed by atoms with van der Waals surface area (Å²) in [5, 5.41) is 12.7. The number of hydrogen-bond donors (Lipinski definition) is 0. The standard InChI is InChI=1S/C24H22FN7O/c25-19-8-9-20(26-16-19)21-15-22(18-5-2-1-3-6-18)32(29-21)17-24(33)31-13-11-30(12-14-31)23-7-4-10-27-28-23/h1-10,15-16H,11-14,17H2. The Balaban J connectivity index is 1.35. The minimum absolute atomic E-state index is 0.00677. The molecule has 1 aliphatic rings. The van der Waals surface area contributed by atoms with E-state index in [4.69, 9.17) is 0 Å². The van der Waals surface area contributed by atoms with Crippen LogP contribution in [0.1, 0.15) is 0 Å². The number of pyridine rings is 1. The maximum Gasteiger partial charge on any atom is 0.244 e. The SMILES string of the molecule is O=C(Cn1nc(-c2ccc(F)cn2)cc1-c1ccccc1)N1CCN(c2cccnn2)CC1. The summed E-state index contributed by atoms with van der Waals surface area (Å²) in [6.07, 6.45) is 2.81. The Morgan fingerprint density at radius 2 is 1.76 bits per heavy atom. The van der Waals surface area contributed by atoms with Crippen LogP contribution in [0.3, 0.4) is 0 Å². The number of anilines is 1. The van der Waals surface area contributed by atoms with Crippen molar-refractivity contribution >= 4 is 11.7 Å². The van der Waals surface area contributed by atoms with Crippen molar-refractivity contribution < 1.29 is 9.18 Å². The zero-order valence-electron chi connectivity index (χ0n) is 17.9. The molecular weight excluding hydrogens is 421 g/mol. The number of nitrogens with zero attached hydrogens (tertiary/aromatic N) is 7. The number of piperazine rings is 1. The Hall–Kier alpha value is -4.14. The molecule has 1 saturated heterocycles. The predicted octanol–water partition coefficient (Wildman–Crippen LogP) is 2.89. The molecule has 8 nitrogen and oxygen atoms in total. The second-order valence-electron chi connectivity index (χ2n) is 7.75. The Kier molecular flexibility index (Phi) is 5.75. The first-order valence-electron chi connectivity index (χ1n) is 10.7. The van der Waals surface area contributed by atoms with Crippen molar-refractivity contribution in [3.8, 4) is 22.6 Å². The average Bonchev–Trinajstić information content (AvgIpc) is 3.29. The molecule has 0 radical (unpaired) electrons. The van der Waals surface area contributed by atoms with Crippen LogP contribution in [-0.2, 0) is 11.3 Å². The Bertz CT molecular complexity index is 1220. The minimum Gasteiger partial charge on any atom is -0.352 e. The zero-order valence-corrected chi connectivity index (χ0v) is 17.9. The van der Waals surface area contributed by atoms with Crippen molar-refractivity contribution in [2.24, 2.45) is 0 Å². The lowest BCUT2D eigenvalue weighted by Gasteiger charge is -2.35. The maximum atomic E-state index is 13.3. The third-order valence-corrected chi connectivity index (χ3v) is 5.64. The number of carbonyl (C=O) groups excluding carboxylic acids is 1. The van der Waals surface area contributed by atoms with Crippen molar-refractivity contribution in [3.63, 3.8) is 0 Å². The molecule has 33 heavy (non-hydrogen) atoms. The third-order valence-electron chi connectivity index (χ3n) is 5.64. The molecule has 0 atom stereocenters. The summed E-state index contributed by atoms with van der Waals surface area (Å²) >= 11 is 0. The summed E-state index contributed by atoms with van der Waals surface area (Å²) in [6.45, 7) is 2.70. The van der Waals surface area contributed by atoms with E-state index >= 15 is 0 Å². The van der Waals surface area contributed by atoms with Crippen LogP contribution in [-0.4, -0.2) is 61.9 Å². The van der Waals surface area contributed by atoms with E-state index in [0.29, 0.717) is 37.6 Å². The number of halogens is 1. The molecule has 1 aliphatic heterocycles. The van der Waals surface area contributed by atoms with Gasteiger partial charge in [0.2, 0.25) is 5.91 Å². The van der Waals surface area contributed by atoms with Gasteiger partial charge < -0.3 is 9.80 Å². The lowest BCUT2D eigenvalue weighted by molar-refractivity contribution is -0.132. The fourth-order valence-corrected chi connectivity index (χ4v) is 3.91.